The Morgan fingerprint density at radius 3 is 2.49 bits per heavy atom. The van der Waals surface area contributed by atoms with Gasteiger partial charge in [0.05, 0.1) is 6.54 Å². The maximum atomic E-state index is 14.3. The number of rotatable bonds is 3. The molecule has 5 rings (SSSR count). The third kappa shape index (κ3) is 4.08. The lowest BCUT2D eigenvalue weighted by atomic mass is 10.0. The molecule has 8 nitrogen and oxygen atoms in total. The van der Waals surface area contributed by atoms with Gasteiger partial charge in [0.15, 0.2) is 0 Å². The predicted octanol–water partition coefficient (Wildman–Crippen LogP) is 2.64. The average molecular weight is 491 g/mol. The van der Waals surface area contributed by atoms with Crippen LogP contribution in [0.3, 0.4) is 0 Å². The zero-order chi connectivity index (χ0) is 25.1. The normalized spacial score (nSPS) is 19.5. The van der Waals surface area contributed by atoms with Crippen molar-refractivity contribution in [3.8, 4) is 5.75 Å². The van der Waals surface area contributed by atoms with Crippen molar-refractivity contribution >= 4 is 23.6 Å². The Kier molecular flexibility index (Phi) is 5.26. The number of carbonyl (C=O) groups is 4. The second-order valence-corrected chi connectivity index (χ2v) is 8.48. The van der Waals surface area contributed by atoms with Crippen LogP contribution in [0.4, 0.5) is 17.6 Å². The lowest BCUT2D eigenvalue weighted by molar-refractivity contribution is -0.274. The Morgan fingerprint density at radius 1 is 1.03 bits per heavy atom. The van der Waals surface area contributed by atoms with E-state index in [1.807, 2.05) is 0 Å². The minimum absolute atomic E-state index is 0.0551. The van der Waals surface area contributed by atoms with Gasteiger partial charge in [0, 0.05) is 41.8 Å². The fraction of sp³-hybridized carbons (Fsp3) is 0.304. The summed E-state index contributed by atoms with van der Waals surface area (Å²) < 4.78 is 56.4. The van der Waals surface area contributed by atoms with E-state index in [0.29, 0.717) is 11.1 Å². The number of piperidine rings is 1. The highest BCUT2D eigenvalue weighted by Crippen LogP contribution is 2.37. The summed E-state index contributed by atoms with van der Waals surface area (Å²) in [7, 11) is 0. The van der Waals surface area contributed by atoms with Crippen molar-refractivity contribution in [1.29, 1.82) is 0 Å². The SMILES string of the molecule is O=C1CCC(N2Cc3cc(C(=O)N4Cc5c(F)ccc(OC(F)(F)F)c5C4)ccc3C2=O)C(=O)N1. The molecule has 3 aliphatic rings. The van der Waals surface area contributed by atoms with Crippen LogP contribution in [0.2, 0.25) is 0 Å². The molecule has 182 valence electrons. The minimum Gasteiger partial charge on any atom is -0.405 e. The fourth-order valence-electron chi connectivity index (χ4n) is 4.68. The highest BCUT2D eigenvalue weighted by atomic mass is 19.4. The molecule has 0 saturated carbocycles. The van der Waals surface area contributed by atoms with E-state index in [0.717, 1.165) is 12.1 Å². The molecule has 1 atom stereocenters. The summed E-state index contributed by atoms with van der Waals surface area (Å²) in [6.07, 6.45) is -4.67. The summed E-state index contributed by atoms with van der Waals surface area (Å²) in [6, 6.07) is 5.25. The van der Waals surface area contributed by atoms with E-state index in [4.69, 9.17) is 0 Å². The zero-order valence-corrected chi connectivity index (χ0v) is 17.9. The number of alkyl halides is 3. The summed E-state index contributed by atoms with van der Waals surface area (Å²) in [5.41, 5.74) is 0.849. The molecule has 2 aromatic rings. The van der Waals surface area contributed by atoms with Crippen LogP contribution in [0.1, 0.15) is 50.2 Å². The van der Waals surface area contributed by atoms with Crippen LogP contribution in [-0.4, -0.2) is 45.8 Å². The summed E-state index contributed by atoms with van der Waals surface area (Å²) in [4.78, 5) is 52.1. The van der Waals surface area contributed by atoms with E-state index >= 15 is 0 Å². The highest BCUT2D eigenvalue weighted by molar-refractivity contribution is 6.06. The molecule has 2 aromatic carbocycles. The Balaban J connectivity index is 1.36. The number of ether oxygens (including phenoxy) is 1. The van der Waals surface area contributed by atoms with E-state index in [9.17, 15) is 36.7 Å². The van der Waals surface area contributed by atoms with Gasteiger partial charge in [-0.25, -0.2) is 4.39 Å². The zero-order valence-electron chi connectivity index (χ0n) is 17.9. The molecular formula is C23H17F4N3O5. The van der Waals surface area contributed by atoms with Crippen LogP contribution in [-0.2, 0) is 29.2 Å². The van der Waals surface area contributed by atoms with E-state index in [2.05, 4.69) is 10.1 Å². The van der Waals surface area contributed by atoms with Crippen LogP contribution in [0.25, 0.3) is 0 Å². The van der Waals surface area contributed by atoms with E-state index in [1.54, 1.807) is 0 Å². The molecule has 1 unspecified atom stereocenters. The largest absolute Gasteiger partial charge is 0.573 e. The van der Waals surface area contributed by atoms with E-state index in [-0.39, 0.29) is 49.2 Å². The first kappa shape index (κ1) is 22.8. The number of fused-ring (bicyclic) bond motifs is 2. The Labute approximate surface area is 195 Å². The Bertz CT molecular complexity index is 1290. The molecule has 0 bridgehead atoms. The van der Waals surface area contributed by atoms with E-state index in [1.165, 1.54) is 28.0 Å². The van der Waals surface area contributed by atoms with Crippen LogP contribution >= 0.6 is 0 Å². The van der Waals surface area contributed by atoms with Crippen molar-refractivity contribution in [2.45, 2.75) is 44.9 Å². The number of nitrogens with zero attached hydrogens (tertiary/aromatic N) is 2. The number of imide groups is 1. The molecule has 0 radical (unpaired) electrons. The van der Waals surface area contributed by atoms with Crippen LogP contribution < -0.4 is 10.1 Å². The number of carbonyl (C=O) groups excluding carboxylic acids is 4. The third-order valence-corrected chi connectivity index (χ3v) is 6.31. The quantitative estimate of drug-likeness (QED) is 0.526. The average Bonchev–Trinajstić information content (AvgIpc) is 3.37. The fourth-order valence-corrected chi connectivity index (χ4v) is 4.68. The monoisotopic (exact) mass is 491 g/mol. The van der Waals surface area contributed by atoms with Gasteiger partial charge in [-0.1, -0.05) is 0 Å². The Morgan fingerprint density at radius 2 is 1.77 bits per heavy atom. The van der Waals surface area contributed by atoms with Gasteiger partial charge in [0.1, 0.15) is 17.6 Å². The number of hydrogen-bond donors (Lipinski definition) is 1. The molecule has 3 heterocycles. The molecule has 3 aliphatic heterocycles. The second kappa shape index (κ2) is 8.07. The highest BCUT2D eigenvalue weighted by Gasteiger charge is 2.40. The molecule has 0 aliphatic carbocycles. The van der Waals surface area contributed by atoms with Gasteiger partial charge in [-0.05, 0) is 42.3 Å². The molecular weight excluding hydrogens is 474 g/mol. The summed E-state index contributed by atoms with van der Waals surface area (Å²) in [6.45, 7) is -0.469. The summed E-state index contributed by atoms with van der Waals surface area (Å²) in [5.74, 6) is -3.25. The molecule has 0 aromatic heterocycles. The number of hydrogen-bond acceptors (Lipinski definition) is 5. The molecule has 35 heavy (non-hydrogen) atoms. The number of nitrogens with one attached hydrogen (secondary N) is 1. The lowest BCUT2D eigenvalue weighted by Crippen LogP contribution is -2.52. The molecule has 1 N–H and O–H groups in total. The molecule has 12 heteroatoms. The molecule has 1 saturated heterocycles. The number of amides is 4. The van der Waals surface area contributed by atoms with Gasteiger partial charge >= 0.3 is 6.36 Å². The van der Waals surface area contributed by atoms with Gasteiger partial charge in [0.2, 0.25) is 11.8 Å². The molecule has 1 fully saturated rings. The van der Waals surface area contributed by atoms with Crippen molar-refractivity contribution < 1.29 is 41.5 Å². The van der Waals surface area contributed by atoms with Crippen molar-refractivity contribution in [3.05, 3.63) is 64.0 Å². The Hall–Kier alpha value is -3.96. The lowest BCUT2D eigenvalue weighted by Gasteiger charge is -2.29. The molecule has 0 spiro atoms. The maximum absolute atomic E-state index is 14.3. The van der Waals surface area contributed by atoms with Crippen molar-refractivity contribution in [3.63, 3.8) is 0 Å². The van der Waals surface area contributed by atoms with Gasteiger partial charge in [-0.3, -0.25) is 24.5 Å². The van der Waals surface area contributed by atoms with Gasteiger partial charge < -0.3 is 14.5 Å². The van der Waals surface area contributed by atoms with Gasteiger partial charge in [0.25, 0.3) is 11.8 Å². The molecule has 4 amide bonds. The summed E-state index contributed by atoms with van der Waals surface area (Å²) >= 11 is 0. The number of benzene rings is 2. The van der Waals surface area contributed by atoms with Gasteiger partial charge in [-0.2, -0.15) is 0 Å². The van der Waals surface area contributed by atoms with Crippen LogP contribution in [0.5, 0.6) is 5.75 Å². The van der Waals surface area contributed by atoms with Gasteiger partial charge in [-0.15, -0.1) is 13.2 Å². The standard InChI is InChI=1S/C23H17F4N3O5/c24-16-3-5-18(35-23(25,26)27)15-10-29(9-14(15)16)21(33)11-1-2-13-12(7-11)8-30(22(13)34)17-4-6-19(31)28-20(17)32/h1-3,5,7,17H,4,6,8-10H2,(H,28,31,32). The van der Waals surface area contributed by atoms with Crippen molar-refractivity contribution in [1.82, 2.24) is 15.1 Å². The summed E-state index contributed by atoms with van der Waals surface area (Å²) in [5, 5.41) is 2.21. The van der Waals surface area contributed by atoms with Crippen molar-refractivity contribution in [2.75, 3.05) is 0 Å². The second-order valence-electron chi connectivity index (χ2n) is 8.48. The first-order chi connectivity index (χ1) is 16.5. The maximum Gasteiger partial charge on any atom is 0.573 e. The smallest absolute Gasteiger partial charge is 0.405 e. The topological polar surface area (TPSA) is 96.0 Å². The number of halogens is 4. The van der Waals surface area contributed by atoms with Crippen LogP contribution in [0, 0.1) is 5.82 Å². The first-order valence-corrected chi connectivity index (χ1v) is 10.6. The van der Waals surface area contributed by atoms with Crippen molar-refractivity contribution in [2.24, 2.45) is 0 Å². The first-order valence-electron chi connectivity index (χ1n) is 10.6. The van der Waals surface area contributed by atoms with E-state index < -0.39 is 47.6 Å². The predicted molar refractivity (Wildman–Crippen MR) is 109 cm³/mol. The third-order valence-electron chi connectivity index (χ3n) is 6.31. The van der Waals surface area contributed by atoms with Crippen LogP contribution in [0.15, 0.2) is 30.3 Å². The minimum atomic E-state index is -4.97.